The monoisotopic (exact) mass is 302 g/mol. The molecule has 3 rings (SSSR count). The van der Waals surface area contributed by atoms with Crippen molar-refractivity contribution in [2.45, 2.75) is 57.2 Å². The summed E-state index contributed by atoms with van der Waals surface area (Å²) in [5, 5.41) is 19.3. The molecule has 1 heterocycles. The normalized spacial score (nSPS) is 29.4. The summed E-state index contributed by atoms with van der Waals surface area (Å²) in [6.45, 7) is 1.76. The summed E-state index contributed by atoms with van der Waals surface area (Å²) in [5.41, 5.74) is 1.10. The molecule has 2 fully saturated rings. The van der Waals surface area contributed by atoms with Crippen LogP contribution in [0.25, 0.3) is 0 Å². The molecule has 22 heavy (non-hydrogen) atoms. The van der Waals surface area contributed by atoms with E-state index >= 15 is 0 Å². The number of nitrogens with zero attached hydrogens (tertiary/aromatic N) is 2. The minimum Gasteiger partial charge on any atom is -0.393 e. The summed E-state index contributed by atoms with van der Waals surface area (Å²) in [4.78, 5) is 2.41. The lowest BCUT2D eigenvalue weighted by molar-refractivity contribution is 0.0201. The molecular weight excluding hydrogens is 279 g/mol. The number of rotatable bonds is 3. The van der Waals surface area contributed by atoms with E-state index in [2.05, 4.69) is 4.90 Å². The van der Waals surface area contributed by atoms with Crippen molar-refractivity contribution in [3.63, 3.8) is 0 Å². The number of aliphatic hydroxyl groups excluding tert-OH is 1. The number of hydrogen-bond acceptors (Lipinski definition) is 3. The second kappa shape index (κ2) is 6.76. The van der Waals surface area contributed by atoms with E-state index in [1.807, 2.05) is 6.07 Å². The molecule has 0 unspecified atom stereocenters. The van der Waals surface area contributed by atoms with Gasteiger partial charge in [0, 0.05) is 18.5 Å². The Labute approximate surface area is 131 Å². The molecule has 1 saturated heterocycles. The summed E-state index contributed by atoms with van der Waals surface area (Å²) in [6.07, 6.45) is 6.48. The molecule has 0 radical (unpaired) electrons. The van der Waals surface area contributed by atoms with Gasteiger partial charge in [-0.1, -0.05) is 18.9 Å². The summed E-state index contributed by atoms with van der Waals surface area (Å²) in [5.74, 6) is -0.0842. The van der Waals surface area contributed by atoms with Gasteiger partial charge in [-0.3, -0.25) is 4.90 Å². The van der Waals surface area contributed by atoms with Crippen LogP contribution in [-0.4, -0.2) is 28.7 Å². The molecule has 0 spiro atoms. The first-order valence-corrected chi connectivity index (χ1v) is 8.29. The molecule has 3 nitrogen and oxygen atoms in total. The Morgan fingerprint density at radius 2 is 2.05 bits per heavy atom. The molecule has 0 aromatic heterocycles. The van der Waals surface area contributed by atoms with E-state index in [0.29, 0.717) is 12.0 Å². The smallest absolute Gasteiger partial charge is 0.140 e. The van der Waals surface area contributed by atoms with E-state index in [1.54, 1.807) is 12.1 Å². The topological polar surface area (TPSA) is 47.3 Å². The van der Waals surface area contributed by atoms with Gasteiger partial charge in [-0.05, 0) is 49.9 Å². The van der Waals surface area contributed by atoms with Crippen LogP contribution in [0, 0.1) is 23.1 Å². The highest BCUT2D eigenvalue weighted by atomic mass is 19.1. The van der Waals surface area contributed by atoms with Gasteiger partial charge in [0.05, 0.1) is 11.7 Å². The highest BCUT2D eigenvalue weighted by molar-refractivity contribution is 5.34. The van der Waals surface area contributed by atoms with Gasteiger partial charge >= 0.3 is 0 Å². The zero-order chi connectivity index (χ0) is 15.5. The highest BCUT2D eigenvalue weighted by Crippen LogP contribution is 2.35. The van der Waals surface area contributed by atoms with E-state index in [-0.39, 0.29) is 11.7 Å². The number of benzene rings is 1. The number of hydrogen-bond donors (Lipinski definition) is 1. The zero-order valence-electron chi connectivity index (χ0n) is 12.8. The lowest BCUT2D eigenvalue weighted by Crippen LogP contribution is -2.42. The van der Waals surface area contributed by atoms with E-state index in [9.17, 15) is 9.50 Å². The molecule has 1 aliphatic heterocycles. The average molecular weight is 302 g/mol. The Kier molecular flexibility index (Phi) is 4.75. The predicted octanol–water partition coefficient (Wildman–Crippen LogP) is 3.21. The van der Waals surface area contributed by atoms with Crippen molar-refractivity contribution >= 4 is 0 Å². The quantitative estimate of drug-likeness (QED) is 0.932. The molecule has 0 amide bonds. The van der Waals surface area contributed by atoms with Gasteiger partial charge in [-0.25, -0.2) is 4.39 Å². The Morgan fingerprint density at radius 3 is 2.82 bits per heavy atom. The van der Waals surface area contributed by atoms with Gasteiger partial charge in [0.15, 0.2) is 0 Å². The highest BCUT2D eigenvalue weighted by Gasteiger charge is 2.36. The number of likely N-dealkylation sites (tertiary alicyclic amines) is 1. The second-order valence-electron chi connectivity index (χ2n) is 6.62. The Balaban J connectivity index is 1.72. The first kappa shape index (κ1) is 15.5. The van der Waals surface area contributed by atoms with Crippen molar-refractivity contribution in [1.82, 2.24) is 4.90 Å². The van der Waals surface area contributed by atoms with Crippen molar-refractivity contribution in [2.24, 2.45) is 5.92 Å². The van der Waals surface area contributed by atoms with Crippen LogP contribution in [0.15, 0.2) is 18.2 Å². The summed E-state index contributed by atoms with van der Waals surface area (Å²) >= 11 is 0. The molecule has 118 valence electrons. The third-order valence-electron chi connectivity index (χ3n) is 5.23. The van der Waals surface area contributed by atoms with Crippen LogP contribution in [0.3, 0.4) is 0 Å². The standard InChI is InChI=1S/C18H23FN2O/c19-16-8-7-13(10-14(16)11-20)12-21-9-3-5-17(21)15-4-1-2-6-18(15)22/h7-8,10,15,17-18,22H,1-6,9,12H2/t15-,17-,18-/m1/s1. The average Bonchev–Trinajstić information content (AvgIpc) is 2.97. The van der Waals surface area contributed by atoms with Crippen molar-refractivity contribution in [3.05, 3.63) is 35.1 Å². The number of nitriles is 1. The summed E-state index contributed by atoms with van der Waals surface area (Å²) in [6, 6.07) is 7.14. The molecule has 4 heteroatoms. The molecule has 0 bridgehead atoms. The molecule has 1 saturated carbocycles. The minimum atomic E-state index is -0.452. The lowest BCUT2D eigenvalue weighted by Gasteiger charge is -2.37. The maximum atomic E-state index is 13.4. The lowest BCUT2D eigenvalue weighted by atomic mass is 9.80. The fourth-order valence-corrected chi connectivity index (χ4v) is 4.11. The molecular formula is C18H23FN2O. The van der Waals surface area contributed by atoms with Gasteiger partial charge in [0.1, 0.15) is 11.9 Å². The van der Waals surface area contributed by atoms with Crippen LogP contribution < -0.4 is 0 Å². The minimum absolute atomic E-state index is 0.117. The van der Waals surface area contributed by atoms with Gasteiger partial charge in [-0.15, -0.1) is 0 Å². The maximum Gasteiger partial charge on any atom is 0.140 e. The van der Waals surface area contributed by atoms with Gasteiger partial charge in [0.2, 0.25) is 0 Å². The zero-order valence-corrected chi connectivity index (χ0v) is 12.8. The van der Waals surface area contributed by atoms with Crippen molar-refractivity contribution in [3.8, 4) is 6.07 Å². The predicted molar refractivity (Wildman–Crippen MR) is 82.5 cm³/mol. The molecule has 1 aliphatic carbocycles. The molecule has 1 aromatic rings. The molecule has 3 atom stereocenters. The van der Waals surface area contributed by atoms with Gasteiger partial charge < -0.3 is 5.11 Å². The van der Waals surface area contributed by atoms with E-state index in [4.69, 9.17) is 5.26 Å². The summed E-state index contributed by atoms with van der Waals surface area (Å²) in [7, 11) is 0. The van der Waals surface area contributed by atoms with E-state index < -0.39 is 5.82 Å². The SMILES string of the molecule is N#Cc1cc(CN2CCC[C@@H]2[C@H]2CCCC[C@H]2O)ccc1F. The van der Waals surface area contributed by atoms with Crippen LogP contribution in [0.5, 0.6) is 0 Å². The van der Waals surface area contributed by atoms with Crippen molar-refractivity contribution in [1.29, 1.82) is 5.26 Å². The largest absolute Gasteiger partial charge is 0.393 e. The fourth-order valence-electron chi connectivity index (χ4n) is 4.11. The molecule has 2 aliphatic rings. The Hall–Kier alpha value is -1.44. The molecule has 1 aromatic carbocycles. The Morgan fingerprint density at radius 1 is 1.23 bits per heavy atom. The third kappa shape index (κ3) is 3.16. The van der Waals surface area contributed by atoms with Crippen LogP contribution in [0.4, 0.5) is 4.39 Å². The molecule has 1 N–H and O–H groups in total. The number of aliphatic hydroxyl groups is 1. The van der Waals surface area contributed by atoms with Crippen LogP contribution in [0.1, 0.15) is 49.7 Å². The maximum absolute atomic E-state index is 13.4. The van der Waals surface area contributed by atoms with Crippen LogP contribution in [-0.2, 0) is 6.54 Å². The fraction of sp³-hybridized carbons (Fsp3) is 0.611. The Bertz CT molecular complexity index is 569. The van der Waals surface area contributed by atoms with Crippen molar-refractivity contribution in [2.75, 3.05) is 6.54 Å². The van der Waals surface area contributed by atoms with E-state index in [1.165, 1.54) is 12.5 Å². The van der Waals surface area contributed by atoms with Gasteiger partial charge in [-0.2, -0.15) is 5.26 Å². The first-order valence-electron chi connectivity index (χ1n) is 8.29. The van der Waals surface area contributed by atoms with E-state index in [0.717, 1.165) is 50.8 Å². The van der Waals surface area contributed by atoms with Crippen LogP contribution >= 0.6 is 0 Å². The number of halogens is 1. The summed E-state index contributed by atoms with van der Waals surface area (Å²) < 4.78 is 13.4. The third-order valence-corrected chi connectivity index (χ3v) is 5.23. The van der Waals surface area contributed by atoms with Gasteiger partial charge in [0.25, 0.3) is 0 Å². The van der Waals surface area contributed by atoms with Crippen LogP contribution in [0.2, 0.25) is 0 Å². The second-order valence-corrected chi connectivity index (χ2v) is 6.62. The van der Waals surface area contributed by atoms with Crippen molar-refractivity contribution < 1.29 is 9.50 Å². The first-order chi connectivity index (χ1) is 10.7.